The van der Waals surface area contributed by atoms with Gasteiger partial charge in [-0.25, -0.2) is 68.5 Å². The fourth-order valence-electron chi connectivity index (χ4n) is 12.8. The molecule has 596 valence electrons. The molecule has 3 aliphatic rings. The number of nitriles is 3. The van der Waals surface area contributed by atoms with Gasteiger partial charge in [0.15, 0.2) is 18.9 Å². The number of nitrogens with zero attached hydrogens (tertiary/aromatic N) is 12. The van der Waals surface area contributed by atoms with Crippen molar-refractivity contribution >= 4 is 62.1 Å². The highest BCUT2D eigenvalue weighted by Crippen LogP contribution is 2.62. The van der Waals surface area contributed by atoms with Crippen LogP contribution in [-0.4, -0.2) is 134 Å². The lowest BCUT2D eigenvalue weighted by molar-refractivity contribution is -0.146. The van der Waals surface area contributed by atoms with Gasteiger partial charge in [-0.05, 0) is 72.8 Å². The van der Waals surface area contributed by atoms with Crippen molar-refractivity contribution in [1.29, 1.82) is 15.8 Å². The molecule has 0 N–H and O–H groups in total. The van der Waals surface area contributed by atoms with Crippen molar-refractivity contribution in [2.45, 2.75) is 108 Å². The first-order chi connectivity index (χ1) is 55.6. The average Bonchev–Trinajstić information content (AvgIpc) is 1.30. The largest absolute Gasteiger partial charge is 0.348 e. The van der Waals surface area contributed by atoms with Crippen molar-refractivity contribution in [3.05, 3.63) is 304 Å². The first-order valence-electron chi connectivity index (χ1n) is 35.6. The maximum Gasteiger partial charge on any atom is 0.335 e. The van der Waals surface area contributed by atoms with E-state index in [0.29, 0.717) is 18.2 Å². The van der Waals surface area contributed by atoms with E-state index in [4.69, 9.17) is 42.0 Å². The average molecular weight is 1660 g/mol. The molecule has 9 aromatic rings. The Labute approximate surface area is 669 Å². The van der Waals surface area contributed by atoms with Crippen LogP contribution in [0.1, 0.15) is 70.8 Å². The van der Waals surface area contributed by atoms with Crippen LogP contribution in [-0.2, 0) is 78.4 Å². The molecule has 115 heavy (non-hydrogen) atoms. The van der Waals surface area contributed by atoms with Crippen LogP contribution in [0.5, 0.6) is 0 Å². The number of aromatic nitrogens is 9. The first-order valence-corrected chi connectivity index (χ1v) is 39.6. The van der Waals surface area contributed by atoms with Gasteiger partial charge in [0.1, 0.15) is 107 Å². The highest BCUT2D eigenvalue weighted by Gasteiger charge is 2.56. The van der Waals surface area contributed by atoms with Crippen molar-refractivity contribution < 1.29 is 81.5 Å². The van der Waals surface area contributed by atoms with Gasteiger partial charge in [0, 0.05) is 67.3 Å². The third-order valence-electron chi connectivity index (χ3n) is 18.7. The molecular weight excluding hydrogens is 1580 g/mol. The summed E-state index contributed by atoms with van der Waals surface area (Å²) in [5.41, 5.74) is -6.83. The minimum Gasteiger partial charge on any atom is -0.348 e. The Balaban J connectivity index is 0.965. The normalized spacial score (nSPS) is 20.9. The number of hydrogen-bond donors (Lipinski definition) is 0. The molecule has 6 heterocycles. The highest BCUT2D eigenvalue weighted by molar-refractivity contribution is 8.01. The van der Waals surface area contributed by atoms with Crippen molar-refractivity contribution in [3.8, 4) is 18.2 Å². The molecule has 34 heteroatoms. The second-order valence-electron chi connectivity index (χ2n) is 26.4. The summed E-state index contributed by atoms with van der Waals surface area (Å²) in [6, 6.07) is 26.3. The molecule has 0 bridgehead atoms. The molecule has 3 saturated heterocycles. The summed E-state index contributed by atoms with van der Waals surface area (Å²) in [6.45, 7) is 3.26. The first kappa shape index (κ1) is 84.5. The molecule has 21 nitrogen and oxygen atoms in total. The Morgan fingerprint density at radius 2 is 0.687 bits per heavy atom. The van der Waals surface area contributed by atoms with E-state index in [1.807, 2.05) is 18.2 Å². The standard InChI is InChI=1S/C81H72F9N12O9PS3/c1-52(113-64-37-103-76(104-38-64)13-7-4-10-58-19-16-55(34-91)28-70(58)85)79(43-100-49-94-46-97-100,67-25-22-61(82)31-73(67)88)109-112(110-80(44-101-50-95-47-98-101,68-26-23-62(83)32-74(68)89)53(2)114-65-39-105-77(106-40-65)14-8-5-11-59-20-17-56(35-92)29-71(59)86)111-81(45-102-51-96-48-99-102,69-27-24-63(84)33-75(69)90)54(3)115-66-41-107-78(108-42-66)15-9-6-12-60-21-18-57(36-93)30-72(60)87/h4-33,46-54,64-66,76-78H,37-45H2,1-3H3/b10-4+,11-5+,12-6+,13-7+,14-8+,15-9+/t52-,53-,54-,64?,65?,66?,76?,77?,78?,79-,80-,81-,112?/m1/s1. The molecular formula is C81H72F9N12O9PS3. The van der Waals surface area contributed by atoms with Gasteiger partial charge >= 0.3 is 8.60 Å². The van der Waals surface area contributed by atoms with E-state index < -0.39 is 148 Å². The fourth-order valence-corrected chi connectivity index (χ4v) is 18.9. The van der Waals surface area contributed by atoms with Crippen LogP contribution >= 0.6 is 43.9 Å². The maximum absolute atomic E-state index is 18.0. The van der Waals surface area contributed by atoms with E-state index in [9.17, 15) is 29.0 Å². The lowest BCUT2D eigenvalue weighted by Crippen LogP contribution is -2.50. The summed E-state index contributed by atoms with van der Waals surface area (Å²) in [6.07, 6.45) is 23.5. The van der Waals surface area contributed by atoms with E-state index in [-0.39, 0.29) is 89.7 Å². The topological polar surface area (TPSA) is 247 Å². The van der Waals surface area contributed by atoms with E-state index in [1.165, 1.54) is 142 Å². The lowest BCUT2D eigenvalue weighted by Gasteiger charge is -2.48. The van der Waals surface area contributed by atoms with Crippen molar-refractivity contribution in [3.63, 3.8) is 0 Å². The molecule has 3 aliphatic heterocycles. The van der Waals surface area contributed by atoms with Crippen molar-refractivity contribution in [2.75, 3.05) is 39.6 Å². The van der Waals surface area contributed by atoms with Crippen LogP contribution in [0.2, 0.25) is 0 Å². The Morgan fingerprint density at radius 3 is 0.922 bits per heavy atom. The second kappa shape index (κ2) is 39.7. The second-order valence-corrected chi connectivity index (χ2v) is 32.3. The zero-order valence-electron chi connectivity index (χ0n) is 61.5. The number of thioether (sulfide) groups is 3. The van der Waals surface area contributed by atoms with Crippen molar-refractivity contribution in [1.82, 2.24) is 44.3 Å². The predicted molar refractivity (Wildman–Crippen MR) is 412 cm³/mol. The Hall–Kier alpha value is -9.86. The third kappa shape index (κ3) is 21.6. The molecule has 3 fully saturated rings. The number of allylic oxidation sites excluding steroid dienone is 6. The highest BCUT2D eigenvalue weighted by atomic mass is 32.2. The van der Waals surface area contributed by atoms with E-state index >= 15 is 26.3 Å². The molecule has 6 aromatic carbocycles. The van der Waals surface area contributed by atoms with Gasteiger partial charge in [-0.2, -0.15) is 31.1 Å². The molecule has 0 aliphatic carbocycles. The van der Waals surface area contributed by atoms with E-state index in [2.05, 4.69) is 30.2 Å². The Morgan fingerprint density at radius 1 is 0.409 bits per heavy atom. The molecule has 3 aromatic heterocycles. The van der Waals surface area contributed by atoms with Crippen LogP contribution in [0.3, 0.4) is 0 Å². The Bertz CT molecular complexity index is 4620. The summed E-state index contributed by atoms with van der Waals surface area (Å²) < 4.78 is 211. The van der Waals surface area contributed by atoms with Gasteiger partial charge in [-0.3, -0.25) is 13.6 Å². The zero-order chi connectivity index (χ0) is 81.1. The van der Waals surface area contributed by atoms with Crippen LogP contribution in [0.15, 0.2) is 202 Å². The minimum absolute atomic E-state index is 0.0299. The quantitative estimate of drug-likeness (QED) is 0.0211. The molecule has 0 radical (unpaired) electrons. The molecule has 12 rings (SSSR count). The van der Waals surface area contributed by atoms with Crippen molar-refractivity contribution in [2.24, 2.45) is 0 Å². The molecule has 6 atom stereocenters. The summed E-state index contributed by atoms with van der Waals surface area (Å²) in [5.74, 6) is -8.29. The van der Waals surface area contributed by atoms with Gasteiger partial charge in [0.2, 0.25) is 0 Å². The lowest BCUT2D eigenvalue weighted by atomic mass is 9.90. The van der Waals surface area contributed by atoms with Gasteiger partial charge in [0.05, 0.1) is 110 Å². The number of rotatable bonds is 33. The molecule has 0 saturated carbocycles. The predicted octanol–water partition coefficient (Wildman–Crippen LogP) is 16.1. The number of hydrogen-bond acceptors (Lipinski definition) is 21. The van der Waals surface area contributed by atoms with Gasteiger partial charge in [0.25, 0.3) is 0 Å². The van der Waals surface area contributed by atoms with Crippen LogP contribution in [0.25, 0.3) is 18.2 Å². The summed E-state index contributed by atoms with van der Waals surface area (Å²) in [4.78, 5) is 12.7. The van der Waals surface area contributed by atoms with E-state index in [0.717, 1.165) is 54.6 Å². The summed E-state index contributed by atoms with van der Waals surface area (Å²) in [7, 11) is -3.63. The van der Waals surface area contributed by atoms with Crippen LogP contribution in [0, 0.1) is 86.3 Å². The van der Waals surface area contributed by atoms with Crippen LogP contribution < -0.4 is 0 Å². The third-order valence-corrected chi connectivity index (χ3v) is 24.4. The zero-order valence-corrected chi connectivity index (χ0v) is 64.8. The number of ether oxygens (including phenoxy) is 6. The SMILES string of the molecule is C[C@@H](SC1COC(/C=C/C=C/c2ccc(C#N)cc2F)OC1)[C@@](Cn1cncn1)(OP(O[C@@](Cn1cncn1)(c1ccc(F)cc1F)[C@@H](C)SC1COC(/C=C/C=C/c2ccc(C#N)cc2F)OC1)O[C@@](Cn1cncn1)(c1ccc(F)cc1F)[C@@H](C)SC1COC(/C=C/C=C/c2ccc(C#N)cc2F)OC1)c1ccc(F)cc1F. The minimum atomic E-state index is -3.63. The monoisotopic (exact) mass is 1650 g/mol. The molecule has 0 unspecified atom stereocenters. The summed E-state index contributed by atoms with van der Waals surface area (Å²) in [5, 5.41) is 35.8. The number of benzene rings is 6. The molecule has 0 spiro atoms. The summed E-state index contributed by atoms with van der Waals surface area (Å²) >= 11 is 3.51. The van der Waals surface area contributed by atoms with Gasteiger partial charge < -0.3 is 28.4 Å². The fraction of sp³-hybridized carbons (Fsp3) is 0.296. The van der Waals surface area contributed by atoms with Crippen LogP contribution in [0.4, 0.5) is 39.5 Å². The smallest absolute Gasteiger partial charge is 0.335 e. The van der Waals surface area contributed by atoms with Gasteiger partial charge in [-0.1, -0.05) is 112 Å². The maximum atomic E-state index is 18.0. The van der Waals surface area contributed by atoms with Gasteiger partial charge in [-0.15, -0.1) is 35.3 Å². The molecule has 0 amide bonds. The van der Waals surface area contributed by atoms with E-state index in [1.54, 1.807) is 75.5 Å². The number of halogens is 9. The Kier molecular flexibility index (Phi) is 29.2.